The largest absolute Gasteiger partial charge is 0.298 e. The van der Waals surface area contributed by atoms with Crippen LogP contribution in [0.4, 0.5) is 0 Å². The van der Waals surface area contributed by atoms with Gasteiger partial charge in [0.15, 0.2) is 0 Å². The molecule has 0 amide bonds. The van der Waals surface area contributed by atoms with Gasteiger partial charge in [-0.15, -0.1) is 11.8 Å². The fourth-order valence-corrected chi connectivity index (χ4v) is 3.30. The molecule has 1 aliphatic rings. The van der Waals surface area contributed by atoms with Gasteiger partial charge in [-0.05, 0) is 44.2 Å². The van der Waals surface area contributed by atoms with Crippen LogP contribution in [0.2, 0.25) is 0 Å². The monoisotopic (exact) mass is 260 g/mol. The lowest BCUT2D eigenvalue weighted by Crippen LogP contribution is -2.17. The molecule has 18 heavy (non-hydrogen) atoms. The van der Waals surface area contributed by atoms with Crippen LogP contribution in [0.3, 0.4) is 0 Å². The number of ketones is 1. The minimum Gasteiger partial charge on any atom is -0.298 e. The fourth-order valence-electron chi connectivity index (χ4n) is 2.15. The lowest BCUT2D eigenvalue weighted by atomic mass is 10.0. The maximum Gasteiger partial charge on any atom is 0.146 e. The number of hydrogen-bond acceptors (Lipinski definition) is 2. The van der Waals surface area contributed by atoms with Crippen LogP contribution in [-0.2, 0) is 4.79 Å². The van der Waals surface area contributed by atoms with Crippen molar-refractivity contribution >= 4 is 17.5 Å². The molecule has 0 saturated carbocycles. The van der Waals surface area contributed by atoms with E-state index in [0.29, 0.717) is 5.78 Å². The Hall–Kier alpha value is -1.02. The first-order chi connectivity index (χ1) is 8.86. The van der Waals surface area contributed by atoms with Gasteiger partial charge in [-0.3, -0.25) is 4.79 Å². The van der Waals surface area contributed by atoms with Gasteiger partial charge in [-0.1, -0.05) is 30.4 Å². The number of Topliss-reactive ketones (excluding diaryl/α,β-unsaturated/α-hetero) is 1. The normalized spacial score (nSPS) is 23.6. The van der Waals surface area contributed by atoms with Crippen LogP contribution in [0.25, 0.3) is 0 Å². The number of carbonyl (C=O) groups excluding carboxylic acids is 1. The smallest absolute Gasteiger partial charge is 0.146 e. The van der Waals surface area contributed by atoms with E-state index >= 15 is 0 Å². The second-order valence-electron chi connectivity index (χ2n) is 4.68. The molecule has 0 spiro atoms. The van der Waals surface area contributed by atoms with Gasteiger partial charge >= 0.3 is 0 Å². The van der Waals surface area contributed by atoms with Gasteiger partial charge in [0, 0.05) is 11.3 Å². The third-order valence-corrected chi connectivity index (χ3v) is 4.51. The number of benzene rings is 1. The molecule has 0 N–H and O–H groups in total. The van der Waals surface area contributed by atoms with E-state index in [9.17, 15) is 4.79 Å². The highest BCUT2D eigenvalue weighted by atomic mass is 32.2. The molecule has 0 aliphatic heterocycles. The average Bonchev–Trinajstić information content (AvgIpc) is 2.41. The van der Waals surface area contributed by atoms with E-state index < -0.39 is 0 Å². The van der Waals surface area contributed by atoms with E-state index in [0.717, 1.165) is 38.5 Å². The Morgan fingerprint density at radius 1 is 1.00 bits per heavy atom. The maximum atomic E-state index is 12.2. The van der Waals surface area contributed by atoms with Crippen molar-refractivity contribution in [3.05, 3.63) is 42.5 Å². The quantitative estimate of drug-likeness (QED) is 0.721. The lowest BCUT2D eigenvalue weighted by molar-refractivity contribution is -0.118. The summed E-state index contributed by atoms with van der Waals surface area (Å²) in [5, 5.41) is 0.134. The van der Waals surface area contributed by atoms with E-state index in [4.69, 9.17) is 0 Å². The fraction of sp³-hybridized carbons (Fsp3) is 0.438. The summed E-state index contributed by atoms with van der Waals surface area (Å²) in [5.41, 5.74) is 0. The summed E-state index contributed by atoms with van der Waals surface area (Å²) in [6.07, 6.45) is 10.5. The van der Waals surface area contributed by atoms with Crippen LogP contribution < -0.4 is 0 Å². The Balaban J connectivity index is 2.00. The van der Waals surface area contributed by atoms with E-state index in [1.54, 1.807) is 11.8 Å². The van der Waals surface area contributed by atoms with Crippen molar-refractivity contribution in [1.29, 1.82) is 0 Å². The molecule has 0 radical (unpaired) electrons. The van der Waals surface area contributed by atoms with E-state index in [1.807, 2.05) is 18.2 Å². The average molecular weight is 260 g/mol. The Labute approximate surface area is 114 Å². The van der Waals surface area contributed by atoms with Crippen LogP contribution in [0.15, 0.2) is 47.4 Å². The Kier molecular flexibility index (Phi) is 5.53. The van der Waals surface area contributed by atoms with Crippen molar-refractivity contribution in [2.24, 2.45) is 0 Å². The predicted octanol–water partition coefficient (Wildman–Crippen LogP) is 4.63. The summed E-state index contributed by atoms with van der Waals surface area (Å²) >= 11 is 1.73. The molecular weight excluding hydrogens is 240 g/mol. The Morgan fingerprint density at radius 3 is 2.61 bits per heavy atom. The topological polar surface area (TPSA) is 17.1 Å². The van der Waals surface area contributed by atoms with Gasteiger partial charge in [-0.25, -0.2) is 0 Å². The molecule has 0 aromatic heterocycles. The van der Waals surface area contributed by atoms with Crippen molar-refractivity contribution in [2.75, 3.05) is 0 Å². The number of allylic oxidation sites excluding steroid dienone is 2. The molecule has 96 valence electrons. The van der Waals surface area contributed by atoms with Crippen molar-refractivity contribution < 1.29 is 4.79 Å². The molecule has 1 unspecified atom stereocenters. The number of thioether (sulfide) groups is 1. The summed E-state index contributed by atoms with van der Waals surface area (Å²) in [4.78, 5) is 13.4. The molecule has 0 bridgehead atoms. The molecule has 2 rings (SSSR count). The van der Waals surface area contributed by atoms with Gasteiger partial charge in [0.1, 0.15) is 5.78 Å². The maximum absolute atomic E-state index is 12.2. The second-order valence-corrected chi connectivity index (χ2v) is 5.96. The minimum absolute atomic E-state index is 0.134. The molecule has 1 aromatic rings. The third-order valence-electron chi connectivity index (χ3n) is 3.19. The lowest BCUT2D eigenvalue weighted by Gasteiger charge is -2.15. The zero-order valence-corrected chi connectivity index (χ0v) is 11.5. The van der Waals surface area contributed by atoms with Crippen LogP contribution in [-0.4, -0.2) is 11.0 Å². The number of hydrogen-bond donors (Lipinski definition) is 0. The Bertz CT molecular complexity index is 397. The summed E-state index contributed by atoms with van der Waals surface area (Å²) in [7, 11) is 0. The molecule has 0 saturated heterocycles. The molecule has 1 aromatic carbocycles. The molecule has 2 heteroatoms. The van der Waals surface area contributed by atoms with E-state index in [1.165, 1.54) is 4.90 Å². The van der Waals surface area contributed by atoms with Crippen LogP contribution in [0.1, 0.15) is 38.5 Å². The number of carbonyl (C=O) groups is 1. The first-order valence-corrected chi connectivity index (χ1v) is 7.63. The zero-order valence-electron chi connectivity index (χ0n) is 10.7. The highest BCUT2D eigenvalue weighted by Crippen LogP contribution is 2.28. The van der Waals surface area contributed by atoms with Crippen molar-refractivity contribution in [3.8, 4) is 0 Å². The second kappa shape index (κ2) is 7.42. The van der Waals surface area contributed by atoms with Crippen LogP contribution in [0.5, 0.6) is 0 Å². The van der Waals surface area contributed by atoms with Gasteiger partial charge in [0.2, 0.25) is 0 Å². The Morgan fingerprint density at radius 2 is 1.78 bits per heavy atom. The van der Waals surface area contributed by atoms with Crippen molar-refractivity contribution in [3.63, 3.8) is 0 Å². The number of rotatable bonds is 2. The van der Waals surface area contributed by atoms with E-state index in [-0.39, 0.29) is 5.25 Å². The summed E-state index contributed by atoms with van der Waals surface area (Å²) < 4.78 is 0. The van der Waals surface area contributed by atoms with Gasteiger partial charge in [0.05, 0.1) is 5.25 Å². The highest BCUT2D eigenvalue weighted by molar-refractivity contribution is 8.00. The van der Waals surface area contributed by atoms with Crippen LogP contribution in [0, 0.1) is 0 Å². The molecular formula is C16H20OS. The SMILES string of the molecule is O=C1CCCC/C=C/CCC1Sc1ccccc1. The molecule has 0 heterocycles. The summed E-state index contributed by atoms with van der Waals surface area (Å²) in [6.45, 7) is 0. The standard InChI is InChI=1S/C16H20OS/c17-15-12-8-3-1-2-4-9-13-16(15)18-14-10-6-5-7-11-14/h2,4-7,10-11,16H,1,3,8-9,12-13H2/b4-2+. The first-order valence-electron chi connectivity index (χ1n) is 6.75. The predicted molar refractivity (Wildman–Crippen MR) is 77.9 cm³/mol. The third kappa shape index (κ3) is 4.34. The van der Waals surface area contributed by atoms with E-state index in [2.05, 4.69) is 24.3 Å². The molecule has 1 nitrogen and oxygen atoms in total. The first kappa shape index (κ1) is 13.4. The minimum atomic E-state index is 0.134. The zero-order chi connectivity index (χ0) is 12.6. The van der Waals surface area contributed by atoms with Crippen molar-refractivity contribution in [2.45, 2.75) is 48.7 Å². The van der Waals surface area contributed by atoms with Gasteiger partial charge in [0.25, 0.3) is 0 Å². The molecule has 0 fully saturated rings. The summed E-state index contributed by atoms with van der Waals surface area (Å²) in [6, 6.07) is 10.3. The highest BCUT2D eigenvalue weighted by Gasteiger charge is 2.18. The van der Waals surface area contributed by atoms with Gasteiger partial charge in [-0.2, -0.15) is 0 Å². The molecule has 1 aliphatic carbocycles. The van der Waals surface area contributed by atoms with Crippen molar-refractivity contribution in [1.82, 2.24) is 0 Å². The summed E-state index contributed by atoms with van der Waals surface area (Å²) in [5.74, 6) is 0.430. The van der Waals surface area contributed by atoms with Crippen LogP contribution >= 0.6 is 11.8 Å². The van der Waals surface area contributed by atoms with Gasteiger partial charge < -0.3 is 0 Å². The molecule has 1 atom stereocenters.